The molecule has 2 fully saturated rings. The first-order chi connectivity index (χ1) is 5.40. The summed E-state index contributed by atoms with van der Waals surface area (Å²) < 4.78 is 5.61. The van der Waals surface area contributed by atoms with Crippen molar-refractivity contribution in [3.05, 3.63) is 12.7 Å². The summed E-state index contributed by atoms with van der Waals surface area (Å²) >= 11 is 0. The molecule has 0 aromatic heterocycles. The van der Waals surface area contributed by atoms with Crippen molar-refractivity contribution in [3.63, 3.8) is 0 Å². The Hall–Kier alpha value is -0.340. The monoisotopic (exact) mass is 153 g/mol. The molecular weight excluding hydrogens is 138 g/mol. The lowest BCUT2D eigenvalue weighted by Gasteiger charge is -2.22. The molecular formula is C9H15NO. The van der Waals surface area contributed by atoms with Crippen LogP contribution >= 0.6 is 0 Å². The van der Waals surface area contributed by atoms with Crippen LogP contribution in [0, 0.1) is 5.92 Å². The zero-order chi connectivity index (χ0) is 7.68. The second kappa shape index (κ2) is 2.95. The van der Waals surface area contributed by atoms with Crippen LogP contribution in [0.5, 0.6) is 0 Å². The maximum Gasteiger partial charge on any atom is 0.0735 e. The van der Waals surface area contributed by atoms with Crippen LogP contribution in [-0.4, -0.2) is 25.3 Å². The standard InChI is InChI=1S/C9H15NO/c1-2-3-11-9-5-7-4-8(9)10-6-7/h2,7-10H,1,3-6H2. The van der Waals surface area contributed by atoms with Crippen molar-refractivity contribution in [2.24, 2.45) is 5.92 Å². The Morgan fingerprint density at radius 3 is 3.00 bits per heavy atom. The Bertz CT molecular complexity index is 158. The first-order valence-corrected chi connectivity index (χ1v) is 4.36. The van der Waals surface area contributed by atoms with Gasteiger partial charge in [0, 0.05) is 6.04 Å². The average molecular weight is 153 g/mol. The molecule has 1 saturated carbocycles. The van der Waals surface area contributed by atoms with Crippen LogP contribution in [0.4, 0.5) is 0 Å². The lowest BCUT2D eigenvalue weighted by molar-refractivity contribution is 0.0492. The lowest BCUT2D eigenvalue weighted by Crippen LogP contribution is -2.38. The molecule has 62 valence electrons. The SMILES string of the molecule is C=CCOC1CC2CNC1C2. The Morgan fingerprint density at radius 1 is 1.55 bits per heavy atom. The Balaban J connectivity index is 1.83. The molecule has 1 N–H and O–H groups in total. The van der Waals surface area contributed by atoms with Crippen molar-refractivity contribution in [2.75, 3.05) is 13.2 Å². The summed E-state index contributed by atoms with van der Waals surface area (Å²) in [6.07, 6.45) is 4.87. The fourth-order valence-corrected chi connectivity index (χ4v) is 2.18. The van der Waals surface area contributed by atoms with Crippen molar-refractivity contribution in [1.82, 2.24) is 5.32 Å². The van der Waals surface area contributed by atoms with Gasteiger partial charge in [-0.2, -0.15) is 0 Å². The number of hydrogen-bond donors (Lipinski definition) is 1. The van der Waals surface area contributed by atoms with Gasteiger partial charge in [-0.1, -0.05) is 6.08 Å². The van der Waals surface area contributed by atoms with E-state index in [1.807, 2.05) is 6.08 Å². The highest BCUT2D eigenvalue weighted by molar-refractivity contribution is 4.96. The van der Waals surface area contributed by atoms with E-state index < -0.39 is 0 Å². The molecule has 1 aliphatic carbocycles. The summed E-state index contributed by atoms with van der Waals surface area (Å²) in [7, 11) is 0. The van der Waals surface area contributed by atoms with E-state index in [1.165, 1.54) is 19.4 Å². The zero-order valence-electron chi connectivity index (χ0n) is 6.75. The Morgan fingerprint density at radius 2 is 2.45 bits per heavy atom. The number of fused-ring (bicyclic) bond motifs is 2. The molecule has 2 rings (SSSR count). The molecule has 1 aliphatic heterocycles. The van der Waals surface area contributed by atoms with Gasteiger partial charge in [0.25, 0.3) is 0 Å². The number of nitrogens with one attached hydrogen (secondary N) is 1. The number of hydrogen-bond acceptors (Lipinski definition) is 2. The highest BCUT2D eigenvalue weighted by Gasteiger charge is 2.39. The summed E-state index contributed by atoms with van der Waals surface area (Å²) in [4.78, 5) is 0. The van der Waals surface area contributed by atoms with E-state index in [1.54, 1.807) is 0 Å². The quantitative estimate of drug-likeness (QED) is 0.609. The molecule has 0 aromatic carbocycles. The van der Waals surface area contributed by atoms with Gasteiger partial charge in [-0.25, -0.2) is 0 Å². The third-order valence-corrected chi connectivity index (χ3v) is 2.70. The van der Waals surface area contributed by atoms with Gasteiger partial charge < -0.3 is 10.1 Å². The van der Waals surface area contributed by atoms with E-state index in [9.17, 15) is 0 Å². The van der Waals surface area contributed by atoms with Gasteiger partial charge in [-0.15, -0.1) is 6.58 Å². The molecule has 2 nitrogen and oxygen atoms in total. The molecule has 0 radical (unpaired) electrons. The molecule has 1 heterocycles. The van der Waals surface area contributed by atoms with Gasteiger partial charge in [-0.05, 0) is 25.3 Å². The fourth-order valence-electron chi connectivity index (χ4n) is 2.18. The first-order valence-electron chi connectivity index (χ1n) is 4.36. The average Bonchev–Trinajstić information content (AvgIpc) is 2.60. The summed E-state index contributed by atoms with van der Waals surface area (Å²) in [6.45, 7) is 5.55. The Labute approximate surface area is 67.6 Å². The fraction of sp³-hybridized carbons (Fsp3) is 0.778. The number of rotatable bonds is 3. The smallest absolute Gasteiger partial charge is 0.0735 e. The van der Waals surface area contributed by atoms with Crippen LogP contribution in [0.1, 0.15) is 12.8 Å². The zero-order valence-corrected chi connectivity index (χ0v) is 6.75. The van der Waals surface area contributed by atoms with Gasteiger partial charge in [0.05, 0.1) is 12.7 Å². The third kappa shape index (κ3) is 1.33. The first kappa shape index (κ1) is 7.32. The number of piperidine rings is 1. The van der Waals surface area contributed by atoms with E-state index in [0.717, 1.165) is 5.92 Å². The highest BCUT2D eigenvalue weighted by atomic mass is 16.5. The minimum Gasteiger partial charge on any atom is -0.373 e. The van der Waals surface area contributed by atoms with Crippen molar-refractivity contribution in [2.45, 2.75) is 25.0 Å². The van der Waals surface area contributed by atoms with Crippen LogP contribution < -0.4 is 5.32 Å². The predicted molar refractivity (Wildman–Crippen MR) is 44.5 cm³/mol. The second-order valence-electron chi connectivity index (χ2n) is 3.51. The van der Waals surface area contributed by atoms with Crippen molar-refractivity contribution in [1.29, 1.82) is 0 Å². The molecule has 2 aliphatic rings. The highest BCUT2D eigenvalue weighted by Crippen LogP contribution is 2.32. The van der Waals surface area contributed by atoms with Crippen LogP contribution in [0.15, 0.2) is 12.7 Å². The molecule has 11 heavy (non-hydrogen) atoms. The van der Waals surface area contributed by atoms with E-state index in [2.05, 4.69) is 11.9 Å². The van der Waals surface area contributed by atoms with Gasteiger partial charge in [0.2, 0.25) is 0 Å². The largest absolute Gasteiger partial charge is 0.373 e. The van der Waals surface area contributed by atoms with Gasteiger partial charge >= 0.3 is 0 Å². The van der Waals surface area contributed by atoms with Crippen molar-refractivity contribution < 1.29 is 4.74 Å². The van der Waals surface area contributed by atoms with Crippen molar-refractivity contribution >= 4 is 0 Å². The maximum atomic E-state index is 5.61. The molecule has 2 heteroatoms. The van der Waals surface area contributed by atoms with Crippen LogP contribution in [0.3, 0.4) is 0 Å². The maximum absolute atomic E-state index is 5.61. The topological polar surface area (TPSA) is 21.3 Å². The summed E-state index contributed by atoms with van der Waals surface area (Å²) in [5.41, 5.74) is 0. The minimum atomic E-state index is 0.465. The van der Waals surface area contributed by atoms with Crippen LogP contribution in [0.2, 0.25) is 0 Å². The molecule has 2 bridgehead atoms. The molecule has 0 aromatic rings. The van der Waals surface area contributed by atoms with E-state index in [-0.39, 0.29) is 0 Å². The number of ether oxygens (including phenoxy) is 1. The molecule has 0 amide bonds. The minimum absolute atomic E-state index is 0.465. The Kier molecular flexibility index (Phi) is 1.96. The van der Waals surface area contributed by atoms with E-state index in [0.29, 0.717) is 18.8 Å². The molecule has 1 saturated heterocycles. The lowest BCUT2D eigenvalue weighted by atomic mass is 10.1. The third-order valence-electron chi connectivity index (χ3n) is 2.70. The van der Waals surface area contributed by atoms with Gasteiger partial charge in [0.15, 0.2) is 0 Å². The van der Waals surface area contributed by atoms with Crippen LogP contribution in [-0.2, 0) is 4.74 Å². The predicted octanol–water partition coefficient (Wildman–Crippen LogP) is 0.939. The second-order valence-corrected chi connectivity index (χ2v) is 3.51. The van der Waals surface area contributed by atoms with Crippen LogP contribution in [0.25, 0.3) is 0 Å². The summed E-state index contributed by atoms with van der Waals surface area (Å²) in [5, 5.41) is 3.46. The van der Waals surface area contributed by atoms with Crippen molar-refractivity contribution in [3.8, 4) is 0 Å². The normalized spacial score (nSPS) is 41.3. The van der Waals surface area contributed by atoms with Gasteiger partial charge in [0.1, 0.15) is 0 Å². The van der Waals surface area contributed by atoms with E-state index >= 15 is 0 Å². The van der Waals surface area contributed by atoms with E-state index in [4.69, 9.17) is 4.74 Å². The molecule has 3 unspecified atom stereocenters. The van der Waals surface area contributed by atoms with Gasteiger partial charge in [-0.3, -0.25) is 0 Å². The summed E-state index contributed by atoms with van der Waals surface area (Å²) in [5.74, 6) is 0.884. The molecule has 0 spiro atoms. The molecule has 3 atom stereocenters. The summed E-state index contributed by atoms with van der Waals surface area (Å²) in [6, 6.07) is 0.639.